The molecule has 1 aromatic rings. The summed E-state index contributed by atoms with van der Waals surface area (Å²) < 4.78 is 30.9. The highest BCUT2D eigenvalue weighted by atomic mass is 19.2. The Labute approximate surface area is 99.9 Å². The van der Waals surface area contributed by atoms with Gasteiger partial charge in [0.1, 0.15) is 0 Å². The number of hydrogen-bond acceptors (Lipinski definition) is 3. The van der Waals surface area contributed by atoms with Gasteiger partial charge >= 0.3 is 0 Å². The zero-order chi connectivity index (χ0) is 12.7. The van der Waals surface area contributed by atoms with Crippen LogP contribution >= 0.6 is 0 Å². The molecule has 0 saturated carbocycles. The minimum Gasteiger partial charge on any atom is -0.382 e. The Morgan fingerprint density at radius 3 is 2.71 bits per heavy atom. The van der Waals surface area contributed by atoms with E-state index in [1.807, 2.05) is 6.92 Å². The number of halogens is 2. The average molecular weight is 244 g/mol. The van der Waals surface area contributed by atoms with Crippen molar-refractivity contribution < 1.29 is 13.5 Å². The van der Waals surface area contributed by atoms with E-state index in [0.717, 1.165) is 12.5 Å². The smallest absolute Gasteiger partial charge is 0.159 e. The van der Waals surface area contributed by atoms with E-state index in [1.54, 1.807) is 6.07 Å². The van der Waals surface area contributed by atoms with Gasteiger partial charge in [-0.1, -0.05) is 6.07 Å². The summed E-state index contributed by atoms with van der Waals surface area (Å²) in [6.45, 7) is 3.16. The molecule has 0 bridgehead atoms. The normalized spacial score (nSPS) is 12.7. The van der Waals surface area contributed by atoms with Gasteiger partial charge in [-0.15, -0.1) is 0 Å². The highest BCUT2D eigenvalue weighted by Gasteiger charge is 2.09. The summed E-state index contributed by atoms with van der Waals surface area (Å²) in [5.41, 5.74) is 3.36. The van der Waals surface area contributed by atoms with Crippen molar-refractivity contribution in [3.8, 4) is 0 Å². The Hall–Kier alpha value is -1.04. The molecule has 0 saturated heterocycles. The fourth-order valence-corrected chi connectivity index (χ4v) is 1.57. The highest BCUT2D eigenvalue weighted by molar-refractivity contribution is 5.18. The van der Waals surface area contributed by atoms with E-state index >= 15 is 0 Å². The molecule has 0 heterocycles. The summed E-state index contributed by atoms with van der Waals surface area (Å²) in [4.78, 5) is 0. The minimum atomic E-state index is -0.833. The van der Waals surface area contributed by atoms with Gasteiger partial charge in [0, 0.05) is 19.3 Å². The molecule has 96 valence electrons. The maximum atomic E-state index is 13.0. The van der Waals surface area contributed by atoms with E-state index in [-0.39, 0.29) is 6.04 Å². The van der Waals surface area contributed by atoms with Crippen molar-refractivity contribution in [3.63, 3.8) is 0 Å². The van der Waals surface area contributed by atoms with E-state index in [9.17, 15) is 8.78 Å². The van der Waals surface area contributed by atoms with Gasteiger partial charge in [-0.3, -0.25) is 11.3 Å². The number of ether oxygens (including phenoxy) is 1. The number of hydrazine groups is 1. The van der Waals surface area contributed by atoms with Crippen molar-refractivity contribution in [1.82, 2.24) is 5.43 Å². The first kappa shape index (κ1) is 14.0. The number of hydrogen-bond donors (Lipinski definition) is 2. The fourth-order valence-electron chi connectivity index (χ4n) is 1.57. The average Bonchev–Trinajstić information content (AvgIpc) is 2.32. The first-order chi connectivity index (χ1) is 8.17. The van der Waals surface area contributed by atoms with Crippen LogP contribution in [0, 0.1) is 11.6 Å². The van der Waals surface area contributed by atoms with Gasteiger partial charge in [0.15, 0.2) is 11.6 Å². The summed E-state index contributed by atoms with van der Waals surface area (Å²) in [5.74, 6) is 3.73. The fraction of sp³-hybridized carbons (Fsp3) is 0.500. The van der Waals surface area contributed by atoms with Gasteiger partial charge in [0.25, 0.3) is 0 Å². The SMILES string of the molecule is CCOCCC(Cc1ccc(F)c(F)c1)NN. The van der Waals surface area contributed by atoms with Crippen LogP contribution in [0.1, 0.15) is 18.9 Å². The van der Waals surface area contributed by atoms with Crippen LogP contribution in [0.2, 0.25) is 0 Å². The van der Waals surface area contributed by atoms with Crippen LogP contribution in [0.3, 0.4) is 0 Å². The predicted octanol–water partition coefficient (Wildman–Crippen LogP) is 1.77. The molecule has 0 aromatic heterocycles. The topological polar surface area (TPSA) is 47.3 Å². The van der Waals surface area contributed by atoms with Gasteiger partial charge in [-0.25, -0.2) is 8.78 Å². The Kier molecular flexibility index (Phi) is 6.04. The molecule has 1 rings (SSSR count). The van der Waals surface area contributed by atoms with Crippen molar-refractivity contribution >= 4 is 0 Å². The maximum absolute atomic E-state index is 13.0. The Morgan fingerprint density at radius 1 is 1.35 bits per heavy atom. The summed E-state index contributed by atoms with van der Waals surface area (Å²) in [7, 11) is 0. The lowest BCUT2D eigenvalue weighted by molar-refractivity contribution is 0.136. The van der Waals surface area contributed by atoms with Gasteiger partial charge in [-0.2, -0.15) is 0 Å². The van der Waals surface area contributed by atoms with Crippen LogP contribution in [0.4, 0.5) is 8.78 Å². The largest absolute Gasteiger partial charge is 0.382 e. The van der Waals surface area contributed by atoms with E-state index in [4.69, 9.17) is 10.6 Å². The first-order valence-corrected chi connectivity index (χ1v) is 5.65. The molecule has 1 atom stereocenters. The van der Waals surface area contributed by atoms with Crippen LogP contribution in [0.15, 0.2) is 18.2 Å². The van der Waals surface area contributed by atoms with Gasteiger partial charge in [-0.05, 0) is 37.5 Å². The Balaban J connectivity index is 2.51. The van der Waals surface area contributed by atoms with Crippen molar-refractivity contribution in [2.24, 2.45) is 5.84 Å². The first-order valence-electron chi connectivity index (χ1n) is 5.65. The third kappa shape index (κ3) is 4.77. The van der Waals surface area contributed by atoms with E-state index in [2.05, 4.69) is 5.43 Å². The third-order valence-corrected chi connectivity index (χ3v) is 2.52. The molecule has 0 amide bonds. The summed E-state index contributed by atoms with van der Waals surface area (Å²) in [6.07, 6.45) is 1.27. The highest BCUT2D eigenvalue weighted by Crippen LogP contribution is 2.11. The molecular formula is C12H18F2N2O. The Morgan fingerprint density at radius 2 is 2.12 bits per heavy atom. The lowest BCUT2D eigenvalue weighted by Crippen LogP contribution is -2.37. The van der Waals surface area contributed by atoms with Crippen molar-refractivity contribution in [3.05, 3.63) is 35.4 Å². The zero-order valence-corrected chi connectivity index (χ0v) is 9.88. The number of rotatable bonds is 7. The molecule has 0 spiro atoms. The zero-order valence-electron chi connectivity index (χ0n) is 9.88. The van der Waals surface area contributed by atoms with E-state index in [1.165, 1.54) is 6.07 Å². The van der Waals surface area contributed by atoms with Crippen LogP contribution < -0.4 is 11.3 Å². The summed E-state index contributed by atoms with van der Waals surface area (Å²) in [6, 6.07) is 3.87. The maximum Gasteiger partial charge on any atom is 0.159 e. The second-order valence-corrected chi connectivity index (χ2v) is 3.80. The molecule has 0 radical (unpaired) electrons. The van der Waals surface area contributed by atoms with E-state index in [0.29, 0.717) is 25.2 Å². The van der Waals surface area contributed by atoms with Crippen molar-refractivity contribution in [2.45, 2.75) is 25.8 Å². The van der Waals surface area contributed by atoms with Crippen LogP contribution in [-0.4, -0.2) is 19.3 Å². The molecule has 1 unspecified atom stereocenters. The lowest BCUT2D eigenvalue weighted by atomic mass is 10.0. The molecule has 3 N–H and O–H groups in total. The molecule has 0 aliphatic rings. The molecule has 3 nitrogen and oxygen atoms in total. The molecule has 0 aliphatic carbocycles. The number of nitrogens with one attached hydrogen (secondary N) is 1. The summed E-state index contributed by atoms with van der Waals surface area (Å²) >= 11 is 0. The predicted molar refractivity (Wildman–Crippen MR) is 62.3 cm³/mol. The summed E-state index contributed by atoms with van der Waals surface area (Å²) in [5, 5.41) is 0. The monoisotopic (exact) mass is 244 g/mol. The standard InChI is InChI=1S/C12H18F2N2O/c1-2-17-6-5-10(16-15)7-9-3-4-11(13)12(14)8-9/h3-4,8,10,16H,2,5-7,15H2,1H3. The molecule has 0 fully saturated rings. The van der Waals surface area contributed by atoms with Crippen LogP contribution in [0.25, 0.3) is 0 Å². The minimum absolute atomic E-state index is 0.00795. The molecule has 1 aromatic carbocycles. The van der Waals surface area contributed by atoms with Crippen LogP contribution in [-0.2, 0) is 11.2 Å². The molecule has 17 heavy (non-hydrogen) atoms. The lowest BCUT2D eigenvalue weighted by Gasteiger charge is -2.15. The second kappa shape index (κ2) is 7.32. The molecule has 5 heteroatoms. The third-order valence-electron chi connectivity index (χ3n) is 2.52. The quantitative estimate of drug-likeness (QED) is 0.436. The Bertz CT molecular complexity index is 347. The van der Waals surface area contributed by atoms with E-state index < -0.39 is 11.6 Å². The van der Waals surface area contributed by atoms with Gasteiger partial charge in [0.05, 0.1) is 0 Å². The second-order valence-electron chi connectivity index (χ2n) is 3.80. The molecular weight excluding hydrogens is 226 g/mol. The van der Waals surface area contributed by atoms with Crippen LogP contribution in [0.5, 0.6) is 0 Å². The van der Waals surface area contributed by atoms with Gasteiger partial charge in [0.2, 0.25) is 0 Å². The van der Waals surface area contributed by atoms with Gasteiger partial charge < -0.3 is 4.74 Å². The molecule has 0 aliphatic heterocycles. The van der Waals surface area contributed by atoms with Crippen molar-refractivity contribution in [2.75, 3.05) is 13.2 Å². The number of nitrogens with two attached hydrogens (primary N) is 1. The van der Waals surface area contributed by atoms with Crippen molar-refractivity contribution in [1.29, 1.82) is 0 Å². The number of benzene rings is 1.